The first-order valence-corrected chi connectivity index (χ1v) is 7.37. The van der Waals surface area contributed by atoms with E-state index < -0.39 is 0 Å². The van der Waals surface area contributed by atoms with Gasteiger partial charge in [-0.3, -0.25) is 0 Å². The molecule has 0 bridgehead atoms. The monoisotopic (exact) mass is 283 g/mol. The molecule has 3 nitrogen and oxygen atoms in total. The van der Waals surface area contributed by atoms with Crippen molar-refractivity contribution in [2.24, 2.45) is 0 Å². The zero-order valence-corrected chi connectivity index (χ0v) is 12.4. The number of aromatic hydroxyl groups is 1. The molecule has 0 spiro atoms. The largest absolute Gasteiger partial charge is 0.508 e. The molecule has 2 aromatic carbocycles. The smallest absolute Gasteiger partial charge is 0.120 e. The maximum atomic E-state index is 10.0. The molecule has 0 aromatic heterocycles. The Bertz CT molecular complexity index is 612. The fraction of sp³-hybridized carbons (Fsp3) is 0.333. The Morgan fingerprint density at radius 1 is 1.19 bits per heavy atom. The van der Waals surface area contributed by atoms with Crippen molar-refractivity contribution >= 4 is 0 Å². The number of ether oxygens (including phenoxy) is 1. The summed E-state index contributed by atoms with van der Waals surface area (Å²) in [5.41, 5.74) is 2.27. The van der Waals surface area contributed by atoms with Crippen molar-refractivity contribution in [1.29, 1.82) is 0 Å². The molecule has 0 aliphatic heterocycles. The highest BCUT2D eigenvalue weighted by Gasteiger charge is 2.39. The average molecular weight is 283 g/mol. The molecule has 1 aliphatic rings. The molecule has 3 heteroatoms. The maximum Gasteiger partial charge on any atom is 0.120 e. The summed E-state index contributed by atoms with van der Waals surface area (Å²) in [4.78, 5) is 0. The van der Waals surface area contributed by atoms with Gasteiger partial charge in [-0.2, -0.15) is 0 Å². The van der Waals surface area contributed by atoms with Crippen molar-refractivity contribution in [2.45, 2.75) is 31.3 Å². The lowest BCUT2D eigenvalue weighted by Gasteiger charge is -2.16. The van der Waals surface area contributed by atoms with Gasteiger partial charge in [0.05, 0.1) is 7.11 Å². The van der Waals surface area contributed by atoms with Gasteiger partial charge in [0.25, 0.3) is 0 Å². The van der Waals surface area contributed by atoms with E-state index in [-0.39, 0.29) is 6.04 Å². The number of nitrogens with one attached hydrogen (secondary N) is 1. The van der Waals surface area contributed by atoms with Crippen molar-refractivity contribution in [2.75, 3.05) is 7.11 Å². The predicted molar refractivity (Wildman–Crippen MR) is 83.8 cm³/mol. The Kier molecular flexibility index (Phi) is 3.84. The van der Waals surface area contributed by atoms with Crippen LogP contribution in [0.3, 0.4) is 0 Å². The number of hydrogen-bond acceptors (Lipinski definition) is 3. The summed E-state index contributed by atoms with van der Waals surface area (Å²) in [7, 11) is 1.64. The molecule has 3 rings (SSSR count). The molecule has 3 atom stereocenters. The van der Waals surface area contributed by atoms with Gasteiger partial charge in [0.2, 0.25) is 0 Å². The van der Waals surface area contributed by atoms with Crippen molar-refractivity contribution in [3.63, 3.8) is 0 Å². The quantitative estimate of drug-likeness (QED) is 0.881. The molecule has 2 N–H and O–H groups in total. The zero-order chi connectivity index (χ0) is 14.8. The van der Waals surface area contributed by atoms with Crippen LogP contribution in [-0.4, -0.2) is 18.3 Å². The highest BCUT2D eigenvalue weighted by molar-refractivity contribution is 5.41. The van der Waals surface area contributed by atoms with E-state index in [0.717, 1.165) is 17.7 Å². The van der Waals surface area contributed by atoms with Gasteiger partial charge < -0.3 is 15.2 Å². The third-order valence-electron chi connectivity index (χ3n) is 4.18. The predicted octanol–water partition coefficient (Wildman–Crippen LogP) is 3.61. The number of hydrogen-bond donors (Lipinski definition) is 2. The van der Waals surface area contributed by atoms with Gasteiger partial charge in [-0.1, -0.05) is 30.3 Å². The third-order valence-corrected chi connectivity index (χ3v) is 4.18. The molecule has 110 valence electrons. The number of rotatable bonds is 5. The molecular weight excluding hydrogens is 262 g/mol. The molecule has 0 saturated heterocycles. The van der Waals surface area contributed by atoms with Gasteiger partial charge in [-0.25, -0.2) is 0 Å². The first-order chi connectivity index (χ1) is 10.2. The van der Waals surface area contributed by atoms with Crippen LogP contribution in [0.15, 0.2) is 48.5 Å². The SMILES string of the molecule is COc1ccc(O)c(C(C)NC2CC2c2ccccc2)c1. The van der Waals surface area contributed by atoms with Gasteiger partial charge in [-0.05, 0) is 37.1 Å². The minimum atomic E-state index is 0.0961. The first kappa shape index (κ1) is 14.0. The van der Waals surface area contributed by atoms with Crippen LogP contribution in [0.4, 0.5) is 0 Å². The summed E-state index contributed by atoms with van der Waals surface area (Å²) in [5, 5.41) is 13.6. The van der Waals surface area contributed by atoms with E-state index in [1.165, 1.54) is 5.56 Å². The fourth-order valence-electron chi connectivity index (χ4n) is 2.87. The molecule has 1 aliphatic carbocycles. The topological polar surface area (TPSA) is 41.5 Å². The van der Waals surface area contributed by atoms with Crippen LogP contribution in [0.5, 0.6) is 11.5 Å². The lowest BCUT2D eigenvalue weighted by Crippen LogP contribution is -2.22. The average Bonchev–Trinajstić information content (AvgIpc) is 3.27. The Hall–Kier alpha value is -2.00. The third kappa shape index (κ3) is 3.03. The van der Waals surface area contributed by atoms with E-state index in [9.17, 15) is 5.11 Å². The number of phenols is 1. The lowest BCUT2D eigenvalue weighted by molar-refractivity contribution is 0.407. The van der Waals surface area contributed by atoms with Crippen molar-refractivity contribution in [3.05, 3.63) is 59.7 Å². The summed E-state index contributed by atoms with van der Waals surface area (Å²) in [6, 6.07) is 16.5. The summed E-state index contributed by atoms with van der Waals surface area (Å²) in [6.45, 7) is 2.08. The van der Waals surface area contributed by atoms with E-state index in [1.807, 2.05) is 12.1 Å². The van der Waals surface area contributed by atoms with Crippen molar-refractivity contribution < 1.29 is 9.84 Å². The molecule has 0 radical (unpaired) electrons. The second-order valence-corrected chi connectivity index (χ2v) is 5.67. The fourth-order valence-corrected chi connectivity index (χ4v) is 2.87. The van der Waals surface area contributed by atoms with Gasteiger partial charge >= 0.3 is 0 Å². The van der Waals surface area contributed by atoms with E-state index >= 15 is 0 Å². The number of phenolic OH excluding ortho intramolecular Hbond substituents is 1. The Morgan fingerprint density at radius 2 is 1.95 bits per heavy atom. The van der Waals surface area contributed by atoms with Crippen LogP contribution in [0.2, 0.25) is 0 Å². The highest BCUT2D eigenvalue weighted by Crippen LogP contribution is 2.42. The maximum absolute atomic E-state index is 10.0. The number of benzene rings is 2. The van der Waals surface area contributed by atoms with Crippen LogP contribution in [0, 0.1) is 0 Å². The second kappa shape index (κ2) is 5.78. The van der Waals surface area contributed by atoms with Crippen LogP contribution < -0.4 is 10.1 Å². The van der Waals surface area contributed by atoms with Gasteiger partial charge in [0.1, 0.15) is 11.5 Å². The molecule has 1 saturated carbocycles. The van der Waals surface area contributed by atoms with Crippen molar-refractivity contribution in [3.8, 4) is 11.5 Å². The molecule has 2 aromatic rings. The van der Waals surface area contributed by atoms with E-state index in [1.54, 1.807) is 19.2 Å². The zero-order valence-electron chi connectivity index (χ0n) is 12.4. The normalized spacial score (nSPS) is 21.8. The van der Waals surface area contributed by atoms with E-state index in [4.69, 9.17) is 4.74 Å². The van der Waals surface area contributed by atoms with Crippen LogP contribution >= 0.6 is 0 Å². The van der Waals surface area contributed by atoms with Crippen LogP contribution in [0.1, 0.15) is 36.4 Å². The van der Waals surface area contributed by atoms with Gasteiger partial charge in [0.15, 0.2) is 0 Å². The summed E-state index contributed by atoms with van der Waals surface area (Å²) in [5.74, 6) is 1.67. The van der Waals surface area contributed by atoms with Crippen molar-refractivity contribution in [1.82, 2.24) is 5.32 Å². The van der Waals surface area contributed by atoms with Crippen LogP contribution in [-0.2, 0) is 0 Å². The molecule has 1 fully saturated rings. The van der Waals surface area contributed by atoms with Gasteiger partial charge in [-0.15, -0.1) is 0 Å². The number of methoxy groups -OCH3 is 1. The Morgan fingerprint density at radius 3 is 2.67 bits per heavy atom. The minimum absolute atomic E-state index is 0.0961. The Balaban J connectivity index is 1.67. The summed E-state index contributed by atoms with van der Waals surface area (Å²) in [6.07, 6.45) is 1.15. The summed E-state index contributed by atoms with van der Waals surface area (Å²) >= 11 is 0. The molecular formula is C18H21NO2. The summed E-state index contributed by atoms with van der Waals surface area (Å²) < 4.78 is 5.23. The Labute approximate surface area is 125 Å². The standard InChI is InChI=1S/C18H21NO2/c1-12(15-10-14(21-2)8-9-18(15)20)19-17-11-16(17)13-6-4-3-5-7-13/h3-10,12,16-17,19-20H,11H2,1-2H3. The molecule has 21 heavy (non-hydrogen) atoms. The molecule has 0 heterocycles. The van der Waals surface area contributed by atoms with Crippen LogP contribution in [0.25, 0.3) is 0 Å². The van der Waals surface area contributed by atoms with E-state index in [2.05, 4.69) is 36.5 Å². The second-order valence-electron chi connectivity index (χ2n) is 5.67. The van der Waals surface area contributed by atoms with Gasteiger partial charge in [0, 0.05) is 23.6 Å². The molecule has 3 unspecified atom stereocenters. The first-order valence-electron chi connectivity index (χ1n) is 7.37. The molecule has 0 amide bonds. The highest BCUT2D eigenvalue weighted by atomic mass is 16.5. The minimum Gasteiger partial charge on any atom is -0.508 e. The lowest BCUT2D eigenvalue weighted by atomic mass is 10.1. The van der Waals surface area contributed by atoms with E-state index in [0.29, 0.717) is 17.7 Å².